The maximum absolute atomic E-state index is 12.5. The number of nitrogens with zero attached hydrogens (tertiary/aromatic N) is 1. The Morgan fingerprint density at radius 2 is 2.00 bits per heavy atom. The van der Waals surface area contributed by atoms with Gasteiger partial charge in [-0.1, -0.05) is 25.4 Å². The lowest BCUT2D eigenvalue weighted by atomic mass is 9.87. The maximum atomic E-state index is 12.5. The van der Waals surface area contributed by atoms with Crippen LogP contribution in [0.1, 0.15) is 35.8 Å². The van der Waals surface area contributed by atoms with Crippen LogP contribution in [0.15, 0.2) is 47.4 Å². The highest BCUT2D eigenvalue weighted by Gasteiger charge is 2.30. The second kappa shape index (κ2) is 9.43. The summed E-state index contributed by atoms with van der Waals surface area (Å²) >= 11 is 6.02. The molecule has 3 heterocycles. The van der Waals surface area contributed by atoms with E-state index in [0.717, 1.165) is 11.1 Å². The zero-order chi connectivity index (χ0) is 25.6. The zero-order valence-electron chi connectivity index (χ0n) is 20.1. The van der Waals surface area contributed by atoms with Crippen molar-refractivity contribution >= 4 is 17.6 Å². The molecule has 1 N–H and O–H groups in total. The van der Waals surface area contributed by atoms with Crippen molar-refractivity contribution in [3.8, 4) is 34.3 Å². The van der Waals surface area contributed by atoms with Gasteiger partial charge in [-0.05, 0) is 42.2 Å². The molecule has 0 radical (unpaired) electrons. The van der Waals surface area contributed by atoms with Crippen LogP contribution in [0.4, 0.5) is 0 Å². The highest BCUT2D eigenvalue weighted by atomic mass is 35.5. The molecule has 3 aromatic rings. The summed E-state index contributed by atoms with van der Waals surface area (Å²) in [5.41, 5.74) is 1.70. The number of fused-ring (bicyclic) bond motifs is 4. The van der Waals surface area contributed by atoms with E-state index in [1.54, 1.807) is 25.3 Å². The molecule has 0 saturated carbocycles. The molecule has 0 aliphatic carbocycles. The van der Waals surface area contributed by atoms with E-state index in [9.17, 15) is 14.7 Å². The van der Waals surface area contributed by atoms with Crippen LogP contribution in [-0.4, -0.2) is 42.1 Å². The van der Waals surface area contributed by atoms with Crippen molar-refractivity contribution in [2.24, 2.45) is 5.92 Å². The first kappa shape index (κ1) is 24.1. The molecule has 1 aromatic heterocycles. The van der Waals surface area contributed by atoms with Gasteiger partial charge < -0.3 is 28.6 Å². The molecular formula is C27H26ClNO7. The number of pyridine rings is 1. The van der Waals surface area contributed by atoms with E-state index in [0.29, 0.717) is 46.7 Å². The molecule has 36 heavy (non-hydrogen) atoms. The molecule has 9 heteroatoms. The Hall–Kier alpha value is -3.65. The fourth-order valence-corrected chi connectivity index (χ4v) is 4.88. The molecule has 0 amide bonds. The van der Waals surface area contributed by atoms with Gasteiger partial charge in [0, 0.05) is 35.0 Å². The largest absolute Gasteiger partial charge is 0.493 e. The highest BCUT2D eigenvalue weighted by Crippen LogP contribution is 2.43. The average molecular weight is 512 g/mol. The number of carbonyl (C=O) groups is 1. The molecule has 188 valence electrons. The van der Waals surface area contributed by atoms with Gasteiger partial charge in [-0.15, -0.1) is 0 Å². The van der Waals surface area contributed by atoms with Crippen LogP contribution < -0.4 is 24.4 Å². The lowest BCUT2D eigenvalue weighted by Crippen LogP contribution is -2.34. The van der Waals surface area contributed by atoms with Gasteiger partial charge in [-0.25, -0.2) is 4.79 Å². The summed E-state index contributed by atoms with van der Waals surface area (Å²) < 4.78 is 25.4. The van der Waals surface area contributed by atoms with Crippen molar-refractivity contribution in [1.82, 2.24) is 4.57 Å². The minimum Gasteiger partial charge on any atom is -0.493 e. The van der Waals surface area contributed by atoms with Crippen molar-refractivity contribution in [2.75, 3.05) is 20.3 Å². The summed E-state index contributed by atoms with van der Waals surface area (Å²) in [6.45, 7) is 4.70. The topological polar surface area (TPSA) is 96.2 Å². The third-order valence-electron chi connectivity index (χ3n) is 6.58. The second-order valence-electron chi connectivity index (χ2n) is 9.28. The minimum absolute atomic E-state index is 0.0224. The van der Waals surface area contributed by atoms with Crippen LogP contribution in [0.3, 0.4) is 0 Å². The van der Waals surface area contributed by atoms with E-state index >= 15 is 0 Å². The predicted octanol–water partition coefficient (Wildman–Crippen LogP) is 4.85. The Labute approximate surface area is 212 Å². The van der Waals surface area contributed by atoms with Gasteiger partial charge in [0.25, 0.3) is 0 Å². The monoisotopic (exact) mass is 511 g/mol. The normalized spacial score (nSPS) is 17.8. The molecule has 0 fully saturated rings. The minimum atomic E-state index is -1.23. The molecular weight excluding hydrogens is 486 g/mol. The first-order valence-electron chi connectivity index (χ1n) is 11.7. The number of aromatic nitrogens is 1. The number of aromatic carboxylic acids is 1. The highest BCUT2D eigenvalue weighted by molar-refractivity contribution is 6.30. The van der Waals surface area contributed by atoms with Gasteiger partial charge in [-0.2, -0.15) is 0 Å². The Morgan fingerprint density at radius 3 is 2.72 bits per heavy atom. The molecule has 8 nitrogen and oxygen atoms in total. The van der Waals surface area contributed by atoms with Crippen LogP contribution >= 0.6 is 11.6 Å². The number of halogens is 1. The lowest BCUT2D eigenvalue weighted by molar-refractivity contribution is 0.0527. The van der Waals surface area contributed by atoms with E-state index in [1.165, 1.54) is 12.3 Å². The number of rotatable bonds is 6. The van der Waals surface area contributed by atoms with Crippen LogP contribution in [0.2, 0.25) is 5.02 Å². The fraction of sp³-hybridized carbons (Fsp3) is 0.333. The summed E-state index contributed by atoms with van der Waals surface area (Å²) in [7, 11) is 1.55. The van der Waals surface area contributed by atoms with Crippen molar-refractivity contribution in [3.05, 3.63) is 69.0 Å². The Bertz CT molecular complexity index is 1400. The fourth-order valence-electron chi connectivity index (χ4n) is 4.72. The van der Waals surface area contributed by atoms with E-state index in [-0.39, 0.29) is 30.2 Å². The van der Waals surface area contributed by atoms with Crippen molar-refractivity contribution in [3.63, 3.8) is 0 Å². The van der Waals surface area contributed by atoms with Crippen molar-refractivity contribution in [2.45, 2.75) is 32.4 Å². The molecule has 2 aliphatic heterocycles. The summed E-state index contributed by atoms with van der Waals surface area (Å²) in [6.07, 6.45) is 1.78. The van der Waals surface area contributed by atoms with E-state index in [1.807, 2.05) is 16.7 Å². The summed E-state index contributed by atoms with van der Waals surface area (Å²) in [5, 5.41) is 10.0. The number of carboxylic acids is 1. The Balaban J connectivity index is 1.45. The molecule has 5 rings (SSSR count). The van der Waals surface area contributed by atoms with Gasteiger partial charge in [0.1, 0.15) is 18.8 Å². The molecule has 0 spiro atoms. The average Bonchev–Trinajstić information content (AvgIpc) is 2.85. The SMILES string of the molecule is COc1cc2c(cc1OCC1COc3cc(Cl)ccc3O1)CC(C(C)C)n1cc(C(=O)O)c(=O)cc1-2. The summed E-state index contributed by atoms with van der Waals surface area (Å²) in [4.78, 5) is 24.1. The Kier molecular flexibility index (Phi) is 6.30. The van der Waals surface area contributed by atoms with Crippen molar-refractivity contribution in [1.29, 1.82) is 0 Å². The first-order chi connectivity index (χ1) is 17.2. The number of benzene rings is 2. The third kappa shape index (κ3) is 4.37. The van der Waals surface area contributed by atoms with Crippen LogP contribution in [-0.2, 0) is 6.42 Å². The summed E-state index contributed by atoms with van der Waals surface area (Å²) in [6, 6.07) is 10.4. The number of hydrogen-bond donors (Lipinski definition) is 1. The molecule has 0 saturated heterocycles. The summed E-state index contributed by atoms with van der Waals surface area (Å²) in [5.74, 6) is 1.24. The number of methoxy groups -OCH3 is 1. The molecule has 2 aromatic carbocycles. The molecule has 2 aliphatic rings. The standard InChI is InChI=1S/C27H26ClNO7/c1-14(2)20-6-15-7-25(34-12-17-13-35-26-8-16(28)4-5-23(26)36-17)24(33-3)9-18(15)21-10-22(30)19(27(31)32)11-29(20)21/h4-5,7-11,14,17,20H,6,12-13H2,1-3H3,(H,31,32). The maximum Gasteiger partial charge on any atom is 0.341 e. The van der Waals surface area contributed by atoms with Gasteiger partial charge in [0.2, 0.25) is 0 Å². The molecule has 2 atom stereocenters. The van der Waals surface area contributed by atoms with Gasteiger partial charge in [0.15, 0.2) is 34.5 Å². The van der Waals surface area contributed by atoms with Gasteiger partial charge in [0.05, 0.1) is 12.8 Å². The van der Waals surface area contributed by atoms with E-state index in [4.69, 9.17) is 30.5 Å². The zero-order valence-corrected chi connectivity index (χ0v) is 20.9. The first-order valence-corrected chi connectivity index (χ1v) is 12.1. The lowest BCUT2D eigenvalue weighted by Gasteiger charge is -2.34. The van der Waals surface area contributed by atoms with E-state index < -0.39 is 11.4 Å². The quantitative estimate of drug-likeness (QED) is 0.505. The van der Waals surface area contributed by atoms with Crippen LogP contribution in [0.25, 0.3) is 11.3 Å². The number of hydrogen-bond acceptors (Lipinski definition) is 6. The molecule has 0 bridgehead atoms. The number of carboxylic acid groups (broad SMARTS) is 1. The van der Waals surface area contributed by atoms with Crippen molar-refractivity contribution < 1.29 is 28.8 Å². The smallest absolute Gasteiger partial charge is 0.341 e. The second-order valence-corrected chi connectivity index (χ2v) is 9.71. The van der Waals surface area contributed by atoms with E-state index in [2.05, 4.69) is 13.8 Å². The Morgan fingerprint density at radius 1 is 1.19 bits per heavy atom. The van der Waals surface area contributed by atoms with Crippen LogP contribution in [0, 0.1) is 5.92 Å². The van der Waals surface area contributed by atoms with Gasteiger partial charge >= 0.3 is 5.97 Å². The third-order valence-corrected chi connectivity index (χ3v) is 6.82. The number of ether oxygens (including phenoxy) is 4. The predicted molar refractivity (Wildman–Crippen MR) is 134 cm³/mol. The molecule has 2 unspecified atom stereocenters. The van der Waals surface area contributed by atoms with Gasteiger partial charge in [-0.3, -0.25) is 4.79 Å². The van der Waals surface area contributed by atoms with Crippen LogP contribution in [0.5, 0.6) is 23.0 Å².